The summed E-state index contributed by atoms with van der Waals surface area (Å²) in [5.41, 5.74) is 6.76. The second-order valence-corrected chi connectivity index (χ2v) is 5.42. The van der Waals surface area contributed by atoms with Crippen molar-refractivity contribution >= 4 is 5.91 Å². The minimum atomic E-state index is 0.232. The van der Waals surface area contributed by atoms with Crippen LogP contribution >= 0.6 is 0 Å². The third kappa shape index (κ3) is 3.77. The second kappa shape index (κ2) is 6.66. The highest BCUT2D eigenvalue weighted by atomic mass is 16.2. The summed E-state index contributed by atoms with van der Waals surface area (Å²) < 4.78 is 0. The molecule has 1 fully saturated rings. The van der Waals surface area contributed by atoms with Crippen molar-refractivity contribution < 1.29 is 4.79 Å². The molecule has 1 aromatic heterocycles. The Bertz CT molecular complexity index is 407. The highest BCUT2D eigenvalue weighted by Gasteiger charge is 2.27. The first-order valence-electron chi connectivity index (χ1n) is 7.08. The molecule has 2 heterocycles. The van der Waals surface area contributed by atoms with Gasteiger partial charge in [0.15, 0.2) is 0 Å². The van der Waals surface area contributed by atoms with Crippen molar-refractivity contribution in [3.8, 4) is 0 Å². The summed E-state index contributed by atoms with van der Waals surface area (Å²) in [6.45, 7) is 4.59. The maximum Gasteiger partial charge on any atom is 0.222 e. The van der Waals surface area contributed by atoms with Gasteiger partial charge in [-0.25, -0.2) is 0 Å². The fourth-order valence-corrected chi connectivity index (χ4v) is 2.62. The fourth-order valence-electron chi connectivity index (χ4n) is 2.62. The van der Waals surface area contributed by atoms with Gasteiger partial charge in [-0.2, -0.15) is 0 Å². The van der Waals surface area contributed by atoms with E-state index in [4.69, 9.17) is 5.73 Å². The van der Waals surface area contributed by atoms with Gasteiger partial charge < -0.3 is 10.6 Å². The number of aryl methyl sites for hydroxylation is 1. The van der Waals surface area contributed by atoms with E-state index in [2.05, 4.69) is 11.9 Å². The number of aromatic nitrogens is 1. The Morgan fingerprint density at radius 1 is 1.53 bits per heavy atom. The largest absolute Gasteiger partial charge is 0.342 e. The van der Waals surface area contributed by atoms with Crippen LogP contribution in [0.15, 0.2) is 24.4 Å². The van der Waals surface area contributed by atoms with Gasteiger partial charge in [0.25, 0.3) is 0 Å². The molecule has 4 heteroatoms. The zero-order valence-electron chi connectivity index (χ0n) is 11.6. The van der Waals surface area contributed by atoms with Gasteiger partial charge >= 0.3 is 0 Å². The monoisotopic (exact) mass is 261 g/mol. The lowest BCUT2D eigenvalue weighted by Gasteiger charge is -2.36. The maximum atomic E-state index is 12.2. The Morgan fingerprint density at radius 2 is 2.37 bits per heavy atom. The van der Waals surface area contributed by atoms with Gasteiger partial charge in [-0.1, -0.05) is 13.0 Å². The number of piperidine rings is 1. The van der Waals surface area contributed by atoms with E-state index in [-0.39, 0.29) is 5.91 Å². The summed E-state index contributed by atoms with van der Waals surface area (Å²) in [6, 6.07) is 5.82. The molecule has 104 valence electrons. The maximum absolute atomic E-state index is 12.2. The molecule has 2 atom stereocenters. The molecule has 1 saturated heterocycles. The number of hydrogen-bond acceptors (Lipinski definition) is 3. The van der Waals surface area contributed by atoms with E-state index < -0.39 is 0 Å². The zero-order chi connectivity index (χ0) is 13.7. The molecule has 1 aliphatic heterocycles. The topological polar surface area (TPSA) is 59.2 Å². The molecule has 0 radical (unpaired) electrons. The summed E-state index contributed by atoms with van der Waals surface area (Å²) in [4.78, 5) is 18.4. The molecular formula is C15H23N3O. The minimum Gasteiger partial charge on any atom is -0.342 e. The molecule has 0 aliphatic carbocycles. The molecule has 0 bridgehead atoms. The van der Waals surface area contributed by atoms with Crippen molar-refractivity contribution in [2.24, 2.45) is 17.6 Å². The van der Waals surface area contributed by atoms with Crippen LogP contribution in [-0.2, 0) is 11.2 Å². The molecule has 2 rings (SSSR count). The van der Waals surface area contributed by atoms with E-state index in [0.717, 1.165) is 31.6 Å². The van der Waals surface area contributed by atoms with Crippen LogP contribution in [0, 0.1) is 11.8 Å². The van der Waals surface area contributed by atoms with Crippen LogP contribution in [0.25, 0.3) is 0 Å². The van der Waals surface area contributed by atoms with E-state index in [1.165, 1.54) is 0 Å². The van der Waals surface area contributed by atoms with Gasteiger partial charge in [0, 0.05) is 31.4 Å². The molecule has 0 aromatic carbocycles. The Morgan fingerprint density at radius 3 is 3.05 bits per heavy atom. The number of nitrogens with zero attached hydrogens (tertiary/aromatic N) is 2. The molecule has 4 nitrogen and oxygen atoms in total. The summed E-state index contributed by atoms with van der Waals surface area (Å²) in [6.07, 6.45) is 4.10. The average molecular weight is 261 g/mol. The van der Waals surface area contributed by atoms with Crippen molar-refractivity contribution in [2.45, 2.75) is 26.2 Å². The van der Waals surface area contributed by atoms with Gasteiger partial charge in [-0.05, 0) is 43.4 Å². The summed E-state index contributed by atoms with van der Waals surface area (Å²) in [7, 11) is 0. The molecule has 0 saturated carbocycles. The number of carbonyl (C=O) groups is 1. The van der Waals surface area contributed by atoms with Crippen molar-refractivity contribution in [3.63, 3.8) is 0 Å². The van der Waals surface area contributed by atoms with E-state index in [9.17, 15) is 4.79 Å². The Kier molecular flexibility index (Phi) is 4.91. The number of carbonyl (C=O) groups excluding carboxylic acids is 1. The number of rotatable bonds is 4. The van der Waals surface area contributed by atoms with E-state index in [1.807, 2.05) is 23.1 Å². The lowest BCUT2D eigenvalue weighted by molar-refractivity contribution is -0.133. The average Bonchev–Trinajstić information content (AvgIpc) is 2.46. The quantitative estimate of drug-likeness (QED) is 0.892. The van der Waals surface area contributed by atoms with Gasteiger partial charge in [-0.3, -0.25) is 9.78 Å². The van der Waals surface area contributed by atoms with Crippen molar-refractivity contribution in [1.82, 2.24) is 9.88 Å². The number of likely N-dealkylation sites (tertiary alicyclic amines) is 1. The SMILES string of the molecule is CC1CCN(C(=O)CCc2ccccn2)CC1CN. The van der Waals surface area contributed by atoms with Crippen LogP contribution in [0.3, 0.4) is 0 Å². The first-order valence-corrected chi connectivity index (χ1v) is 7.08. The third-order valence-corrected chi connectivity index (χ3v) is 4.09. The lowest BCUT2D eigenvalue weighted by Crippen LogP contribution is -2.45. The van der Waals surface area contributed by atoms with Crippen LogP contribution in [0.4, 0.5) is 0 Å². The van der Waals surface area contributed by atoms with Crippen LogP contribution in [-0.4, -0.2) is 35.4 Å². The summed E-state index contributed by atoms with van der Waals surface area (Å²) in [5.74, 6) is 1.31. The Balaban J connectivity index is 1.83. The molecule has 0 spiro atoms. The smallest absolute Gasteiger partial charge is 0.222 e. The Hall–Kier alpha value is -1.42. The van der Waals surface area contributed by atoms with E-state index in [1.54, 1.807) is 6.20 Å². The molecule has 1 aliphatic rings. The van der Waals surface area contributed by atoms with Crippen molar-refractivity contribution in [2.75, 3.05) is 19.6 Å². The zero-order valence-corrected chi connectivity index (χ0v) is 11.6. The van der Waals surface area contributed by atoms with E-state index >= 15 is 0 Å². The molecule has 19 heavy (non-hydrogen) atoms. The fraction of sp³-hybridized carbons (Fsp3) is 0.600. The number of hydrogen-bond donors (Lipinski definition) is 1. The van der Waals surface area contributed by atoms with Crippen LogP contribution in [0.2, 0.25) is 0 Å². The molecular weight excluding hydrogens is 238 g/mol. The lowest BCUT2D eigenvalue weighted by atomic mass is 9.87. The normalized spacial score (nSPS) is 23.4. The molecule has 1 aromatic rings. The van der Waals surface area contributed by atoms with Crippen molar-refractivity contribution in [1.29, 1.82) is 0 Å². The molecule has 2 unspecified atom stereocenters. The number of nitrogens with two attached hydrogens (primary N) is 1. The third-order valence-electron chi connectivity index (χ3n) is 4.09. The standard InChI is InChI=1S/C15H23N3O/c1-12-7-9-18(11-13(12)10-16)15(19)6-5-14-4-2-3-8-17-14/h2-4,8,12-13H,5-7,9-11,16H2,1H3. The van der Waals surface area contributed by atoms with Gasteiger partial charge in [-0.15, -0.1) is 0 Å². The number of amides is 1. The van der Waals surface area contributed by atoms with Gasteiger partial charge in [0.2, 0.25) is 5.91 Å². The second-order valence-electron chi connectivity index (χ2n) is 5.42. The minimum absolute atomic E-state index is 0.232. The van der Waals surface area contributed by atoms with Gasteiger partial charge in [0.05, 0.1) is 0 Å². The number of pyridine rings is 1. The predicted molar refractivity (Wildman–Crippen MR) is 75.5 cm³/mol. The van der Waals surface area contributed by atoms with Crippen LogP contribution in [0.5, 0.6) is 0 Å². The summed E-state index contributed by atoms with van der Waals surface area (Å²) >= 11 is 0. The van der Waals surface area contributed by atoms with Crippen LogP contribution in [0.1, 0.15) is 25.5 Å². The predicted octanol–water partition coefficient (Wildman–Crippen LogP) is 1.46. The Labute approximate surface area is 115 Å². The highest BCUT2D eigenvalue weighted by Crippen LogP contribution is 2.22. The van der Waals surface area contributed by atoms with E-state index in [0.29, 0.717) is 24.8 Å². The highest BCUT2D eigenvalue weighted by molar-refractivity contribution is 5.76. The molecule has 2 N–H and O–H groups in total. The van der Waals surface area contributed by atoms with Gasteiger partial charge in [0.1, 0.15) is 0 Å². The first kappa shape index (κ1) is 14.0. The first-order chi connectivity index (χ1) is 9.20. The molecule has 1 amide bonds. The summed E-state index contributed by atoms with van der Waals surface area (Å²) in [5, 5.41) is 0. The van der Waals surface area contributed by atoms with Crippen LogP contribution < -0.4 is 5.73 Å². The van der Waals surface area contributed by atoms with Crippen molar-refractivity contribution in [3.05, 3.63) is 30.1 Å².